The smallest absolute Gasteiger partial charge is 0.272 e. The van der Waals surface area contributed by atoms with Crippen LogP contribution < -0.4 is 14.8 Å². The van der Waals surface area contributed by atoms with E-state index in [0.29, 0.717) is 38.5 Å². The van der Waals surface area contributed by atoms with Crippen LogP contribution in [0.2, 0.25) is 0 Å². The van der Waals surface area contributed by atoms with Crippen LogP contribution in [0.4, 0.5) is 0 Å². The minimum absolute atomic E-state index is 0.0138. The molecule has 0 fully saturated rings. The zero-order valence-electron chi connectivity index (χ0n) is 18.5. The Bertz CT molecular complexity index is 1130. The average Bonchev–Trinajstić information content (AvgIpc) is 3.21. The van der Waals surface area contributed by atoms with E-state index in [1.165, 1.54) is 0 Å². The Labute approximate surface area is 192 Å². The van der Waals surface area contributed by atoms with Crippen LogP contribution in [-0.4, -0.2) is 52.1 Å². The van der Waals surface area contributed by atoms with Gasteiger partial charge < -0.3 is 19.9 Å². The third-order valence-electron chi connectivity index (χ3n) is 6.05. The maximum atomic E-state index is 13.0. The minimum atomic E-state index is -0.187. The quantitative estimate of drug-likeness (QED) is 0.576. The van der Waals surface area contributed by atoms with E-state index in [4.69, 9.17) is 9.47 Å². The molecule has 2 aromatic carbocycles. The molecule has 0 radical (unpaired) electrons. The van der Waals surface area contributed by atoms with Crippen molar-refractivity contribution in [3.63, 3.8) is 0 Å². The molecule has 1 amide bonds. The van der Waals surface area contributed by atoms with Crippen LogP contribution in [0.5, 0.6) is 11.5 Å². The molecular weight excluding hydrogens is 420 g/mol. The number of aromatic nitrogens is 2. The molecule has 3 heterocycles. The van der Waals surface area contributed by atoms with Crippen molar-refractivity contribution < 1.29 is 19.4 Å². The van der Waals surface area contributed by atoms with E-state index in [1.54, 1.807) is 4.68 Å². The third-order valence-corrected chi connectivity index (χ3v) is 6.05. The Hall–Kier alpha value is -3.36. The summed E-state index contributed by atoms with van der Waals surface area (Å²) in [6.07, 6.45) is 0.777. The van der Waals surface area contributed by atoms with Crippen molar-refractivity contribution in [2.75, 3.05) is 26.4 Å². The molecule has 33 heavy (non-hydrogen) atoms. The molecule has 0 bridgehead atoms. The molecule has 3 aromatic rings. The molecule has 0 unspecified atom stereocenters. The van der Waals surface area contributed by atoms with Crippen molar-refractivity contribution in [1.29, 1.82) is 0 Å². The van der Waals surface area contributed by atoms with Gasteiger partial charge in [0.25, 0.3) is 5.91 Å². The number of fused-ring (bicyclic) bond motifs is 2. The van der Waals surface area contributed by atoms with Gasteiger partial charge in [0.05, 0.1) is 13.2 Å². The highest BCUT2D eigenvalue weighted by molar-refractivity contribution is 5.94. The van der Waals surface area contributed by atoms with Crippen LogP contribution in [0, 0.1) is 0 Å². The lowest BCUT2D eigenvalue weighted by molar-refractivity contribution is 0.0942. The van der Waals surface area contributed by atoms with E-state index in [9.17, 15) is 9.90 Å². The summed E-state index contributed by atoms with van der Waals surface area (Å²) < 4.78 is 13.1. The first-order valence-corrected chi connectivity index (χ1v) is 11.3. The molecule has 0 saturated heterocycles. The Kier molecular flexibility index (Phi) is 6.28. The van der Waals surface area contributed by atoms with Crippen LogP contribution in [0.15, 0.2) is 48.5 Å². The van der Waals surface area contributed by atoms with Crippen LogP contribution in [0.3, 0.4) is 0 Å². The Balaban J connectivity index is 1.33. The van der Waals surface area contributed by atoms with Crippen molar-refractivity contribution in [2.45, 2.75) is 32.6 Å². The highest BCUT2D eigenvalue weighted by Gasteiger charge is 2.28. The highest BCUT2D eigenvalue weighted by atomic mass is 16.6. The van der Waals surface area contributed by atoms with Crippen molar-refractivity contribution in [3.05, 3.63) is 76.6 Å². The number of hydrogen-bond donors (Lipinski definition) is 2. The summed E-state index contributed by atoms with van der Waals surface area (Å²) >= 11 is 0. The number of rotatable bonds is 7. The fourth-order valence-electron chi connectivity index (χ4n) is 4.45. The topological polar surface area (TPSA) is 88.9 Å². The highest BCUT2D eigenvalue weighted by Crippen LogP contribution is 2.32. The van der Waals surface area contributed by atoms with E-state index in [1.807, 2.05) is 42.5 Å². The van der Waals surface area contributed by atoms with Gasteiger partial charge in [-0.1, -0.05) is 36.4 Å². The summed E-state index contributed by atoms with van der Waals surface area (Å²) in [7, 11) is 0. The number of benzene rings is 2. The van der Waals surface area contributed by atoms with E-state index in [-0.39, 0.29) is 12.5 Å². The molecule has 0 aliphatic carbocycles. The molecule has 2 aliphatic heterocycles. The van der Waals surface area contributed by atoms with Gasteiger partial charge >= 0.3 is 0 Å². The van der Waals surface area contributed by atoms with E-state index in [2.05, 4.69) is 21.4 Å². The second-order valence-corrected chi connectivity index (χ2v) is 8.33. The first kappa shape index (κ1) is 21.5. The van der Waals surface area contributed by atoms with Gasteiger partial charge in [-0.3, -0.25) is 14.4 Å². The molecule has 1 aromatic heterocycles. The normalized spacial score (nSPS) is 15.2. The average molecular weight is 449 g/mol. The molecule has 0 atom stereocenters. The molecule has 2 aliphatic rings. The molecule has 0 spiro atoms. The number of aliphatic hydroxyl groups excluding tert-OH is 1. The molecule has 2 N–H and O–H groups in total. The lowest BCUT2D eigenvalue weighted by Crippen LogP contribution is -2.32. The molecule has 0 saturated carbocycles. The van der Waals surface area contributed by atoms with Crippen molar-refractivity contribution in [1.82, 2.24) is 20.0 Å². The molecular formula is C25H28N4O4. The predicted octanol–water partition coefficient (Wildman–Crippen LogP) is 2.13. The minimum Gasteiger partial charge on any atom is -0.486 e. The number of carbonyl (C=O) groups excluding carboxylic acids is 1. The molecule has 8 nitrogen and oxygen atoms in total. The monoisotopic (exact) mass is 448 g/mol. The van der Waals surface area contributed by atoms with E-state index in [0.717, 1.165) is 53.4 Å². The number of ether oxygens (including phenoxy) is 2. The van der Waals surface area contributed by atoms with Crippen LogP contribution in [0.1, 0.15) is 32.9 Å². The fourth-order valence-corrected chi connectivity index (χ4v) is 4.45. The molecule has 172 valence electrons. The Morgan fingerprint density at radius 2 is 1.88 bits per heavy atom. The summed E-state index contributed by atoms with van der Waals surface area (Å²) in [5.74, 6) is 1.38. The second kappa shape index (κ2) is 9.64. The van der Waals surface area contributed by atoms with Gasteiger partial charge in [-0.2, -0.15) is 5.10 Å². The van der Waals surface area contributed by atoms with E-state index >= 15 is 0 Å². The zero-order valence-corrected chi connectivity index (χ0v) is 18.5. The van der Waals surface area contributed by atoms with Gasteiger partial charge in [-0.05, 0) is 23.3 Å². The maximum Gasteiger partial charge on any atom is 0.272 e. The molecule has 5 rings (SSSR count). The van der Waals surface area contributed by atoms with Crippen LogP contribution in [0.25, 0.3) is 0 Å². The lowest BCUT2D eigenvalue weighted by Gasteiger charge is -2.28. The summed E-state index contributed by atoms with van der Waals surface area (Å²) in [6, 6.07) is 15.9. The summed E-state index contributed by atoms with van der Waals surface area (Å²) in [5, 5.41) is 17.0. The van der Waals surface area contributed by atoms with E-state index < -0.39 is 0 Å². The third kappa shape index (κ3) is 4.72. The van der Waals surface area contributed by atoms with Gasteiger partial charge in [0.2, 0.25) is 0 Å². The van der Waals surface area contributed by atoms with Crippen LogP contribution in [-0.2, 0) is 32.6 Å². The number of nitrogens with one attached hydrogen (secondary N) is 1. The zero-order chi connectivity index (χ0) is 22.6. The number of aliphatic hydroxyl groups is 1. The predicted molar refractivity (Wildman–Crippen MR) is 122 cm³/mol. The second-order valence-electron chi connectivity index (χ2n) is 8.33. The number of amides is 1. The van der Waals surface area contributed by atoms with Gasteiger partial charge in [0.1, 0.15) is 13.2 Å². The van der Waals surface area contributed by atoms with Crippen molar-refractivity contribution in [3.8, 4) is 11.5 Å². The van der Waals surface area contributed by atoms with Gasteiger partial charge in [0.15, 0.2) is 17.2 Å². The summed E-state index contributed by atoms with van der Waals surface area (Å²) in [5.41, 5.74) is 4.60. The SMILES string of the molecule is O=C(NCc1ccccc1)c1nn(CCO)c2c1CN(Cc1ccc3c(c1)OCCO3)CC2. The number of carbonyl (C=O) groups is 1. The van der Waals surface area contributed by atoms with Gasteiger partial charge in [-0.15, -0.1) is 0 Å². The van der Waals surface area contributed by atoms with Crippen molar-refractivity contribution in [2.24, 2.45) is 0 Å². The fraction of sp³-hybridized carbons (Fsp3) is 0.360. The molecule has 8 heteroatoms. The van der Waals surface area contributed by atoms with Crippen LogP contribution >= 0.6 is 0 Å². The maximum absolute atomic E-state index is 13.0. The Morgan fingerprint density at radius 1 is 1.06 bits per heavy atom. The standard InChI is InChI=1S/C25H28N4O4/c30-11-10-29-21-8-9-28(16-19-6-7-22-23(14-19)33-13-12-32-22)17-20(21)24(27-29)25(31)26-15-18-4-2-1-3-5-18/h1-7,14,30H,8-13,15-17H2,(H,26,31). The number of hydrogen-bond acceptors (Lipinski definition) is 6. The largest absolute Gasteiger partial charge is 0.486 e. The van der Waals surface area contributed by atoms with Crippen molar-refractivity contribution >= 4 is 5.91 Å². The summed E-state index contributed by atoms with van der Waals surface area (Å²) in [4.78, 5) is 15.3. The summed E-state index contributed by atoms with van der Waals surface area (Å²) in [6.45, 7) is 4.18. The Morgan fingerprint density at radius 3 is 2.70 bits per heavy atom. The van der Waals surface area contributed by atoms with Gasteiger partial charge in [0, 0.05) is 43.9 Å². The van der Waals surface area contributed by atoms with Gasteiger partial charge in [-0.25, -0.2) is 0 Å². The first-order chi connectivity index (χ1) is 16.2. The number of nitrogens with zero attached hydrogens (tertiary/aromatic N) is 3. The lowest BCUT2D eigenvalue weighted by atomic mass is 10.0. The first-order valence-electron chi connectivity index (χ1n) is 11.3.